The summed E-state index contributed by atoms with van der Waals surface area (Å²) in [5.41, 5.74) is 5.47. The molecule has 3 N–H and O–H groups in total. The van der Waals surface area contributed by atoms with E-state index in [0.29, 0.717) is 24.9 Å². The number of nitrogens with two attached hydrogens (primary N) is 1. The van der Waals surface area contributed by atoms with Gasteiger partial charge in [-0.1, -0.05) is 5.92 Å². The monoisotopic (exact) mass is 165 g/mol. The van der Waals surface area contributed by atoms with Crippen LogP contribution in [0.3, 0.4) is 0 Å². The molecule has 5 heteroatoms. The van der Waals surface area contributed by atoms with Crippen molar-refractivity contribution in [1.29, 1.82) is 0 Å². The number of aromatic nitrogens is 3. The van der Waals surface area contributed by atoms with Gasteiger partial charge in [0, 0.05) is 7.05 Å². The highest BCUT2D eigenvalue weighted by molar-refractivity contribution is 5.15. The van der Waals surface area contributed by atoms with Crippen molar-refractivity contribution in [1.82, 2.24) is 20.1 Å². The van der Waals surface area contributed by atoms with Gasteiger partial charge in [0.1, 0.15) is 0 Å². The summed E-state index contributed by atoms with van der Waals surface area (Å²) in [6.45, 7) is 1.06. The molecular formula is C7H11N5. The fourth-order valence-corrected chi connectivity index (χ4v) is 0.773. The van der Waals surface area contributed by atoms with Crippen LogP contribution in [0, 0.1) is 12.3 Å². The third-order valence-electron chi connectivity index (χ3n) is 1.35. The molecule has 0 aromatic carbocycles. The highest BCUT2D eigenvalue weighted by atomic mass is 15.4. The summed E-state index contributed by atoms with van der Waals surface area (Å²) in [4.78, 5) is 3.98. The summed E-state index contributed by atoms with van der Waals surface area (Å²) in [5.74, 6) is 3.52. The summed E-state index contributed by atoms with van der Waals surface area (Å²) in [7, 11) is 1.74. The van der Waals surface area contributed by atoms with Crippen LogP contribution in [0.4, 0.5) is 5.95 Å². The van der Waals surface area contributed by atoms with Gasteiger partial charge in [-0.05, 0) is 0 Å². The van der Waals surface area contributed by atoms with E-state index in [0.717, 1.165) is 0 Å². The third kappa shape index (κ3) is 1.97. The predicted octanol–water partition coefficient (Wildman–Crippen LogP) is -0.880. The Labute approximate surface area is 71.0 Å². The number of hydrogen-bond donors (Lipinski definition) is 2. The summed E-state index contributed by atoms with van der Waals surface area (Å²) >= 11 is 0. The number of nitrogen functional groups attached to an aromatic ring is 1. The normalized spacial score (nSPS) is 9.67. The Bertz CT molecular complexity index is 276. The van der Waals surface area contributed by atoms with Gasteiger partial charge in [0.05, 0.1) is 13.1 Å². The Morgan fingerprint density at radius 1 is 1.75 bits per heavy atom. The van der Waals surface area contributed by atoms with Crippen LogP contribution in [0.5, 0.6) is 0 Å². The predicted molar refractivity (Wildman–Crippen MR) is 46.0 cm³/mol. The van der Waals surface area contributed by atoms with Crippen molar-refractivity contribution in [3.63, 3.8) is 0 Å². The van der Waals surface area contributed by atoms with Crippen molar-refractivity contribution in [2.24, 2.45) is 7.05 Å². The molecule has 0 atom stereocenters. The molecule has 64 valence electrons. The zero-order valence-electron chi connectivity index (χ0n) is 6.91. The highest BCUT2D eigenvalue weighted by Crippen LogP contribution is 1.95. The number of aryl methyl sites for hydroxylation is 1. The van der Waals surface area contributed by atoms with Gasteiger partial charge in [-0.3, -0.25) is 5.32 Å². The van der Waals surface area contributed by atoms with E-state index in [4.69, 9.17) is 12.2 Å². The van der Waals surface area contributed by atoms with Gasteiger partial charge in [0.2, 0.25) is 5.95 Å². The minimum atomic E-state index is 0.410. The van der Waals surface area contributed by atoms with E-state index in [2.05, 4.69) is 21.3 Å². The molecule has 0 unspecified atom stereocenters. The Kier molecular flexibility index (Phi) is 2.66. The van der Waals surface area contributed by atoms with Gasteiger partial charge in [-0.15, -0.1) is 6.42 Å². The molecule has 0 aliphatic rings. The molecule has 0 fully saturated rings. The number of terminal acetylenes is 1. The molecule has 0 saturated carbocycles. The molecule has 0 spiro atoms. The lowest BCUT2D eigenvalue weighted by Crippen LogP contribution is -2.14. The molecule has 0 radical (unpaired) electrons. The molecular weight excluding hydrogens is 154 g/mol. The SMILES string of the molecule is C#CCNCc1nc(N)n(C)n1. The van der Waals surface area contributed by atoms with E-state index in [1.807, 2.05) is 0 Å². The van der Waals surface area contributed by atoms with Gasteiger partial charge in [-0.25, -0.2) is 4.68 Å². The number of anilines is 1. The quantitative estimate of drug-likeness (QED) is 0.451. The van der Waals surface area contributed by atoms with Crippen LogP contribution in [-0.4, -0.2) is 21.3 Å². The molecule has 1 aromatic rings. The average Bonchev–Trinajstić information content (AvgIpc) is 2.32. The van der Waals surface area contributed by atoms with Crippen LogP contribution in [-0.2, 0) is 13.6 Å². The fourth-order valence-electron chi connectivity index (χ4n) is 0.773. The second-order valence-electron chi connectivity index (χ2n) is 2.32. The first-order chi connectivity index (χ1) is 5.74. The Balaban J connectivity index is 2.48. The molecule has 5 nitrogen and oxygen atoms in total. The molecule has 0 amide bonds. The number of nitrogens with zero attached hydrogens (tertiary/aromatic N) is 3. The molecule has 0 saturated heterocycles. The Morgan fingerprint density at radius 3 is 3.00 bits per heavy atom. The van der Waals surface area contributed by atoms with Crippen molar-refractivity contribution < 1.29 is 0 Å². The van der Waals surface area contributed by atoms with E-state index in [1.165, 1.54) is 4.68 Å². The van der Waals surface area contributed by atoms with Crippen molar-refractivity contribution in [2.75, 3.05) is 12.3 Å². The minimum Gasteiger partial charge on any atom is -0.368 e. The third-order valence-corrected chi connectivity index (χ3v) is 1.35. The topological polar surface area (TPSA) is 68.8 Å². The second-order valence-corrected chi connectivity index (χ2v) is 2.32. The summed E-state index contributed by atoms with van der Waals surface area (Å²) < 4.78 is 1.52. The standard InChI is InChI=1S/C7H11N5/c1-3-4-9-5-6-10-7(8)12(2)11-6/h1,9H,4-5H2,2H3,(H2,8,10,11). The van der Waals surface area contributed by atoms with Crippen molar-refractivity contribution in [3.05, 3.63) is 5.82 Å². The number of hydrogen-bond acceptors (Lipinski definition) is 4. The molecule has 12 heavy (non-hydrogen) atoms. The second kappa shape index (κ2) is 3.74. The first-order valence-electron chi connectivity index (χ1n) is 3.53. The maximum absolute atomic E-state index is 5.47. The van der Waals surface area contributed by atoms with Crippen LogP contribution in [0.25, 0.3) is 0 Å². The zero-order chi connectivity index (χ0) is 8.97. The van der Waals surface area contributed by atoms with Crippen LogP contribution in [0.2, 0.25) is 0 Å². The van der Waals surface area contributed by atoms with Gasteiger partial charge < -0.3 is 5.73 Å². The smallest absolute Gasteiger partial charge is 0.218 e. The molecule has 1 aromatic heterocycles. The Morgan fingerprint density at radius 2 is 2.50 bits per heavy atom. The average molecular weight is 165 g/mol. The van der Waals surface area contributed by atoms with E-state index in [1.54, 1.807) is 7.05 Å². The minimum absolute atomic E-state index is 0.410. The first kappa shape index (κ1) is 8.56. The van der Waals surface area contributed by atoms with Crippen molar-refractivity contribution in [2.45, 2.75) is 6.54 Å². The highest BCUT2D eigenvalue weighted by Gasteiger charge is 2.01. The van der Waals surface area contributed by atoms with Crippen molar-refractivity contribution >= 4 is 5.95 Å². The van der Waals surface area contributed by atoms with E-state index in [9.17, 15) is 0 Å². The van der Waals surface area contributed by atoms with Crippen LogP contribution >= 0.6 is 0 Å². The first-order valence-corrected chi connectivity index (χ1v) is 3.53. The summed E-state index contributed by atoms with van der Waals surface area (Å²) in [5, 5.41) is 6.99. The van der Waals surface area contributed by atoms with Crippen LogP contribution in [0.1, 0.15) is 5.82 Å². The summed E-state index contributed by atoms with van der Waals surface area (Å²) in [6, 6.07) is 0. The molecule has 1 rings (SSSR count). The van der Waals surface area contributed by atoms with E-state index < -0.39 is 0 Å². The Hall–Kier alpha value is -1.54. The molecule has 0 aliphatic carbocycles. The van der Waals surface area contributed by atoms with Gasteiger partial charge in [0.15, 0.2) is 5.82 Å². The summed E-state index contributed by atoms with van der Waals surface area (Å²) in [6.07, 6.45) is 5.04. The fraction of sp³-hybridized carbons (Fsp3) is 0.429. The van der Waals surface area contributed by atoms with Gasteiger partial charge in [0.25, 0.3) is 0 Å². The van der Waals surface area contributed by atoms with Crippen molar-refractivity contribution in [3.8, 4) is 12.3 Å². The van der Waals surface area contributed by atoms with Crippen LogP contribution < -0.4 is 11.1 Å². The molecule has 0 aliphatic heterocycles. The maximum atomic E-state index is 5.47. The lowest BCUT2D eigenvalue weighted by molar-refractivity contribution is 0.694. The van der Waals surface area contributed by atoms with Crippen LogP contribution in [0.15, 0.2) is 0 Å². The molecule has 1 heterocycles. The zero-order valence-corrected chi connectivity index (χ0v) is 6.91. The van der Waals surface area contributed by atoms with E-state index in [-0.39, 0.29) is 0 Å². The lowest BCUT2D eigenvalue weighted by atomic mass is 10.5. The maximum Gasteiger partial charge on any atom is 0.218 e. The van der Waals surface area contributed by atoms with E-state index >= 15 is 0 Å². The number of rotatable bonds is 3. The van der Waals surface area contributed by atoms with Gasteiger partial charge in [-0.2, -0.15) is 10.1 Å². The largest absolute Gasteiger partial charge is 0.368 e. The molecule has 0 bridgehead atoms. The van der Waals surface area contributed by atoms with Gasteiger partial charge >= 0.3 is 0 Å². The number of nitrogens with one attached hydrogen (secondary N) is 1. The lowest BCUT2D eigenvalue weighted by Gasteiger charge is -1.92.